The maximum absolute atomic E-state index is 4.02. The van der Waals surface area contributed by atoms with Gasteiger partial charge < -0.3 is 0 Å². The molecule has 0 spiro atoms. The summed E-state index contributed by atoms with van der Waals surface area (Å²) >= 11 is 0. The van der Waals surface area contributed by atoms with Crippen molar-refractivity contribution in [2.45, 2.75) is 33.2 Å². The van der Waals surface area contributed by atoms with E-state index in [2.05, 4.69) is 29.8 Å². The highest BCUT2D eigenvalue weighted by Gasteiger charge is 1.88. The van der Waals surface area contributed by atoms with Crippen LogP contribution in [0.5, 0.6) is 0 Å². The summed E-state index contributed by atoms with van der Waals surface area (Å²) in [6.45, 7) is 6.90. The van der Waals surface area contributed by atoms with Crippen molar-refractivity contribution in [3.05, 3.63) is 0 Å². The van der Waals surface area contributed by atoms with Crippen molar-refractivity contribution >= 4 is 6.01 Å². The number of hydrogen-bond donors (Lipinski definition) is 0. The Morgan fingerprint density at radius 2 is 2.11 bits per heavy atom. The fourth-order valence-electron chi connectivity index (χ4n) is 0.301. The van der Waals surface area contributed by atoms with Crippen molar-refractivity contribution in [1.82, 2.24) is 0 Å². The van der Waals surface area contributed by atoms with Crippen LogP contribution in [-0.4, -0.2) is 18.6 Å². The highest BCUT2D eigenvalue weighted by molar-refractivity contribution is 5.41. The lowest BCUT2D eigenvalue weighted by Gasteiger charge is -1.93. The largest absolute Gasteiger partial charge is 0.226 e. The van der Waals surface area contributed by atoms with E-state index >= 15 is 0 Å². The number of nitrogens with zero attached hydrogens (tertiary/aromatic N) is 2. The average molecular weight is 126 g/mol. The predicted octanol–water partition coefficient (Wildman–Crippen LogP) is 1.98. The molecule has 0 heterocycles. The Kier molecular flexibility index (Phi) is 5.14. The lowest BCUT2D eigenvalue weighted by Crippen LogP contribution is -1.91. The van der Waals surface area contributed by atoms with Crippen molar-refractivity contribution in [2.24, 2.45) is 9.98 Å². The van der Waals surface area contributed by atoms with Gasteiger partial charge in [-0.1, -0.05) is 6.92 Å². The summed E-state index contributed by atoms with van der Waals surface area (Å²) in [4.78, 5) is 7.86. The molecule has 0 rings (SSSR count). The first-order valence-corrected chi connectivity index (χ1v) is 3.42. The van der Waals surface area contributed by atoms with Crippen LogP contribution in [0, 0.1) is 0 Å². The third-order valence-corrected chi connectivity index (χ3v) is 1.10. The standard InChI is InChI=1S/C7H14N2/c1-4-7(3)9-6-8-5-2/h7H,4-5H2,1-3H3. The molecule has 0 aliphatic rings. The van der Waals surface area contributed by atoms with Crippen LogP contribution < -0.4 is 0 Å². The van der Waals surface area contributed by atoms with E-state index in [0.29, 0.717) is 6.04 Å². The van der Waals surface area contributed by atoms with Crippen molar-refractivity contribution in [2.75, 3.05) is 6.54 Å². The minimum Gasteiger partial charge on any atom is -0.226 e. The molecule has 0 aliphatic carbocycles. The van der Waals surface area contributed by atoms with Gasteiger partial charge in [-0.15, -0.1) is 0 Å². The van der Waals surface area contributed by atoms with Gasteiger partial charge in [0.05, 0.1) is 12.1 Å². The van der Waals surface area contributed by atoms with Crippen LogP contribution in [-0.2, 0) is 0 Å². The van der Waals surface area contributed by atoms with Gasteiger partial charge in [0.25, 0.3) is 0 Å². The summed E-state index contributed by atoms with van der Waals surface area (Å²) in [5.41, 5.74) is 0. The maximum atomic E-state index is 4.02. The fourth-order valence-corrected chi connectivity index (χ4v) is 0.301. The zero-order valence-corrected chi connectivity index (χ0v) is 6.39. The Morgan fingerprint density at radius 3 is 2.56 bits per heavy atom. The molecule has 1 atom stereocenters. The van der Waals surface area contributed by atoms with Crippen molar-refractivity contribution in [3.8, 4) is 0 Å². The quantitative estimate of drug-likeness (QED) is 0.516. The van der Waals surface area contributed by atoms with Crippen LogP contribution in [0.4, 0.5) is 0 Å². The van der Waals surface area contributed by atoms with Crippen LogP contribution >= 0.6 is 0 Å². The zero-order chi connectivity index (χ0) is 7.11. The lowest BCUT2D eigenvalue weighted by atomic mass is 10.3. The molecule has 52 valence electrons. The molecule has 0 bridgehead atoms. The van der Waals surface area contributed by atoms with E-state index in [0.717, 1.165) is 13.0 Å². The first kappa shape index (κ1) is 8.38. The van der Waals surface area contributed by atoms with Gasteiger partial charge in [-0.3, -0.25) is 0 Å². The van der Waals surface area contributed by atoms with Crippen molar-refractivity contribution in [3.63, 3.8) is 0 Å². The highest BCUT2D eigenvalue weighted by Crippen LogP contribution is 1.91. The van der Waals surface area contributed by atoms with E-state index in [1.807, 2.05) is 6.92 Å². The summed E-state index contributed by atoms with van der Waals surface area (Å²) in [5.74, 6) is 0. The molecule has 0 amide bonds. The Hall–Kier alpha value is -0.620. The molecule has 0 N–H and O–H groups in total. The molecular weight excluding hydrogens is 112 g/mol. The molecule has 2 nitrogen and oxygen atoms in total. The lowest BCUT2D eigenvalue weighted by molar-refractivity contribution is 0.720. The summed E-state index contributed by atoms with van der Waals surface area (Å²) in [5, 5.41) is 0. The van der Waals surface area contributed by atoms with Crippen LogP contribution in [0.3, 0.4) is 0 Å². The van der Waals surface area contributed by atoms with E-state index in [1.165, 1.54) is 0 Å². The first-order valence-electron chi connectivity index (χ1n) is 3.42. The van der Waals surface area contributed by atoms with E-state index in [1.54, 1.807) is 0 Å². The molecular formula is C7H14N2. The van der Waals surface area contributed by atoms with Crippen LogP contribution in [0.15, 0.2) is 9.98 Å². The summed E-state index contributed by atoms with van der Waals surface area (Å²) in [6.07, 6.45) is 1.06. The molecule has 0 aliphatic heterocycles. The van der Waals surface area contributed by atoms with Crippen LogP contribution in [0.2, 0.25) is 0 Å². The summed E-state index contributed by atoms with van der Waals surface area (Å²) in [7, 11) is 0. The first-order chi connectivity index (χ1) is 4.31. The Morgan fingerprint density at radius 1 is 1.44 bits per heavy atom. The fraction of sp³-hybridized carbons (Fsp3) is 0.857. The predicted molar refractivity (Wildman–Crippen MR) is 40.2 cm³/mol. The number of rotatable bonds is 3. The Labute approximate surface area is 56.7 Å². The van der Waals surface area contributed by atoms with Crippen LogP contribution in [0.1, 0.15) is 27.2 Å². The second-order valence-corrected chi connectivity index (χ2v) is 1.96. The number of aliphatic imine (C=N–C) groups is 2. The normalized spacial score (nSPS) is 11.9. The third kappa shape index (κ3) is 5.25. The molecule has 0 aromatic heterocycles. The van der Waals surface area contributed by atoms with Crippen LogP contribution in [0.25, 0.3) is 0 Å². The molecule has 0 fully saturated rings. The van der Waals surface area contributed by atoms with Gasteiger partial charge in [0.1, 0.15) is 0 Å². The molecule has 1 unspecified atom stereocenters. The van der Waals surface area contributed by atoms with Crippen molar-refractivity contribution in [1.29, 1.82) is 0 Å². The highest BCUT2D eigenvalue weighted by atomic mass is 14.8. The van der Waals surface area contributed by atoms with E-state index in [-0.39, 0.29) is 0 Å². The smallest absolute Gasteiger partial charge is 0.0895 e. The molecule has 0 saturated carbocycles. The monoisotopic (exact) mass is 126 g/mol. The SMILES string of the molecule is CCN=C=NC(C)CC. The van der Waals surface area contributed by atoms with Gasteiger partial charge in [0.2, 0.25) is 0 Å². The van der Waals surface area contributed by atoms with Gasteiger partial charge in [0.15, 0.2) is 0 Å². The second-order valence-electron chi connectivity index (χ2n) is 1.96. The maximum Gasteiger partial charge on any atom is 0.0895 e. The van der Waals surface area contributed by atoms with Gasteiger partial charge in [-0.05, 0) is 20.3 Å². The average Bonchev–Trinajstić information content (AvgIpc) is 1.89. The van der Waals surface area contributed by atoms with E-state index in [4.69, 9.17) is 0 Å². The van der Waals surface area contributed by atoms with Gasteiger partial charge >= 0.3 is 0 Å². The topological polar surface area (TPSA) is 24.7 Å². The minimum absolute atomic E-state index is 0.375. The zero-order valence-electron chi connectivity index (χ0n) is 6.39. The van der Waals surface area contributed by atoms with Crippen molar-refractivity contribution < 1.29 is 0 Å². The molecule has 2 heteroatoms. The van der Waals surface area contributed by atoms with Gasteiger partial charge in [-0.2, -0.15) is 0 Å². The Bertz CT molecular complexity index is 112. The molecule has 0 saturated heterocycles. The van der Waals surface area contributed by atoms with Gasteiger partial charge in [-0.25, -0.2) is 9.98 Å². The van der Waals surface area contributed by atoms with E-state index in [9.17, 15) is 0 Å². The number of hydrogen-bond acceptors (Lipinski definition) is 2. The Balaban J connectivity index is 3.55. The minimum atomic E-state index is 0.375. The molecule has 0 radical (unpaired) electrons. The van der Waals surface area contributed by atoms with Gasteiger partial charge in [0, 0.05) is 6.54 Å². The summed E-state index contributed by atoms with van der Waals surface area (Å²) in [6, 6.07) is 3.01. The van der Waals surface area contributed by atoms with E-state index < -0.39 is 0 Å². The molecule has 0 aromatic carbocycles. The molecule has 0 aromatic rings. The second kappa shape index (κ2) is 5.52. The third-order valence-electron chi connectivity index (χ3n) is 1.10. The molecule has 9 heavy (non-hydrogen) atoms. The summed E-state index contributed by atoms with van der Waals surface area (Å²) < 4.78 is 0.